The van der Waals surface area contributed by atoms with E-state index in [4.69, 9.17) is 5.11 Å². The van der Waals surface area contributed by atoms with Gasteiger partial charge >= 0.3 is 5.97 Å². The second-order valence-electron chi connectivity index (χ2n) is 3.81. The summed E-state index contributed by atoms with van der Waals surface area (Å²) in [6.07, 6.45) is 1.36. The number of para-hydroxylation sites is 1. The molecule has 0 aliphatic carbocycles. The van der Waals surface area contributed by atoms with Gasteiger partial charge in [-0.3, -0.25) is 9.36 Å². The van der Waals surface area contributed by atoms with Crippen LogP contribution < -0.4 is 5.56 Å². The average Bonchev–Trinajstić information content (AvgIpc) is 2.30. The SMILES string of the molecule is Cc1ccn(-c2ccccc2F)c(=O)c1C(=O)O. The fourth-order valence-electron chi connectivity index (χ4n) is 1.72. The summed E-state index contributed by atoms with van der Waals surface area (Å²) in [4.78, 5) is 23.0. The molecular formula is C13H10FNO3. The Kier molecular flexibility index (Phi) is 2.97. The van der Waals surface area contributed by atoms with Crippen LogP contribution in [-0.4, -0.2) is 15.6 Å². The Labute approximate surface area is 102 Å². The van der Waals surface area contributed by atoms with Crippen molar-refractivity contribution in [1.29, 1.82) is 0 Å². The Morgan fingerprint density at radius 2 is 1.94 bits per heavy atom. The van der Waals surface area contributed by atoms with E-state index in [1.807, 2.05) is 0 Å². The molecule has 1 aromatic carbocycles. The number of carbonyl (C=O) groups is 1. The lowest BCUT2D eigenvalue weighted by Crippen LogP contribution is -2.26. The van der Waals surface area contributed by atoms with Gasteiger partial charge in [0.05, 0.1) is 5.69 Å². The Bertz CT molecular complexity index is 676. The molecule has 0 aliphatic rings. The van der Waals surface area contributed by atoms with Crippen molar-refractivity contribution in [3.8, 4) is 5.69 Å². The summed E-state index contributed by atoms with van der Waals surface area (Å²) < 4.78 is 14.6. The third-order valence-electron chi connectivity index (χ3n) is 2.63. The number of aryl methyl sites for hydroxylation is 1. The maximum atomic E-state index is 13.6. The van der Waals surface area contributed by atoms with Gasteiger partial charge in [-0.2, -0.15) is 0 Å². The van der Waals surface area contributed by atoms with E-state index in [1.54, 1.807) is 6.07 Å². The first kappa shape index (κ1) is 12.0. The Balaban J connectivity index is 2.76. The molecule has 0 aliphatic heterocycles. The van der Waals surface area contributed by atoms with Crippen LogP contribution in [0.5, 0.6) is 0 Å². The van der Waals surface area contributed by atoms with Crippen molar-refractivity contribution in [2.45, 2.75) is 6.92 Å². The van der Waals surface area contributed by atoms with E-state index >= 15 is 0 Å². The van der Waals surface area contributed by atoms with Crippen LogP contribution in [0, 0.1) is 12.7 Å². The Morgan fingerprint density at radius 1 is 1.28 bits per heavy atom. The molecule has 0 radical (unpaired) electrons. The molecule has 5 heteroatoms. The van der Waals surface area contributed by atoms with Crippen LogP contribution in [0.1, 0.15) is 15.9 Å². The van der Waals surface area contributed by atoms with Crippen LogP contribution in [0.3, 0.4) is 0 Å². The van der Waals surface area contributed by atoms with Gasteiger partial charge in [0.2, 0.25) is 0 Å². The molecular weight excluding hydrogens is 237 g/mol. The van der Waals surface area contributed by atoms with Crippen LogP contribution >= 0.6 is 0 Å². The van der Waals surface area contributed by atoms with E-state index in [9.17, 15) is 14.0 Å². The molecule has 0 fully saturated rings. The molecule has 1 heterocycles. The standard InChI is InChI=1S/C13H10FNO3/c1-8-6-7-15(12(16)11(8)13(17)18)10-5-3-2-4-9(10)14/h2-7H,1H3,(H,17,18). The highest BCUT2D eigenvalue weighted by Gasteiger charge is 2.16. The highest BCUT2D eigenvalue weighted by molar-refractivity contribution is 5.88. The van der Waals surface area contributed by atoms with E-state index in [0.717, 1.165) is 4.57 Å². The summed E-state index contributed by atoms with van der Waals surface area (Å²) in [5, 5.41) is 8.98. The zero-order valence-electron chi connectivity index (χ0n) is 9.55. The van der Waals surface area contributed by atoms with Crippen LogP contribution in [0.15, 0.2) is 41.3 Å². The van der Waals surface area contributed by atoms with Crippen molar-refractivity contribution in [3.63, 3.8) is 0 Å². The highest BCUT2D eigenvalue weighted by Crippen LogP contribution is 2.12. The number of carboxylic acid groups (broad SMARTS) is 1. The van der Waals surface area contributed by atoms with Crippen molar-refractivity contribution in [1.82, 2.24) is 4.57 Å². The molecule has 2 rings (SSSR count). The van der Waals surface area contributed by atoms with Crippen LogP contribution in [0.25, 0.3) is 5.69 Å². The quantitative estimate of drug-likeness (QED) is 0.882. The molecule has 0 amide bonds. The first-order valence-electron chi connectivity index (χ1n) is 5.23. The second-order valence-corrected chi connectivity index (χ2v) is 3.81. The molecule has 2 aromatic rings. The molecule has 4 nitrogen and oxygen atoms in total. The number of rotatable bonds is 2. The van der Waals surface area contributed by atoms with Crippen LogP contribution in [0.4, 0.5) is 4.39 Å². The molecule has 0 spiro atoms. The number of halogens is 1. The zero-order chi connectivity index (χ0) is 13.3. The second kappa shape index (κ2) is 4.44. The fourth-order valence-corrected chi connectivity index (χ4v) is 1.72. The molecule has 18 heavy (non-hydrogen) atoms. The van der Waals surface area contributed by atoms with Crippen molar-refractivity contribution >= 4 is 5.97 Å². The molecule has 0 bridgehead atoms. The first-order valence-corrected chi connectivity index (χ1v) is 5.23. The van der Waals surface area contributed by atoms with Crippen LogP contribution in [0.2, 0.25) is 0 Å². The van der Waals surface area contributed by atoms with Gasteiger partial charge in [-0.15, -0.1) is 0 Å². The van der Waals surface area contributed by atoms with Gasteiger partial charge in [0, 0.05) is 6.20 Å². The number of hydrogen-bond donors (Lipinski definition) is 1. The van der Waals surface area contributed by atoms with Gasteiger partial charge in [0.25, 0.3) is 5.56 Å². The number of aromatic carboxylic acids is 1. The lowest BCUT2D eigenvalue weighted by atomic mass is 10.1. The lowest BCUT2D eigenvalue weighted by Gasteiger charge is -2.09. The summed E-state index contributed by atoms with van der Waals surface area (Å²) in [6, 6.07) is 7.17. The molecule has 1 N–H and O–H groups in total. The van der Waals surface area contributed by atoms with Crippen molar-refractivity contribution in [3.05, 3.63) is 63.8 Å². The molecule has 1 aromatic heterocycles. The summed E-state index contributed by atoms with van der Waals surface area (Å²) >= 11 is 0. The summed E-state index contributed by atoms with van der Waals surface area (Å²) in [6.45, 7) is 1.52. The van der Waals surface area contributed by atoms with Crippen LogP contribution in [-0.2, 0) is 0 Å². The van der Waals surface area contributed by atoms with Gasteiger partial charge in [-0.05, 0) is 30.7 Å². The predicted molar refractivity (Wildman–Crippen MR) is 63.7 cm³/mol. The van der Waals surface area contributed by atoms with Gasteiger partial charge in [-0.25, -0.2) is 9.18 Å². The molecule has 0 unspecified atom stereocenters. The van der Waals surface area contributed by atoms with Gasteiger partial charge in [0.15, 0.2) is 0 Å². The minimum absolute atomic E-state index is 0.0324. The summed E-state index contributed by atoms with van der Waals surface area (Å²) in [5.74, 6) is -1.90. The zero-order valence-corrected chi connectivity index (χ0v) is 9.55. The largest absolute Gasteiger partial charge is 0.477 e. The minimum Gasteiger partial charge on any atom is -0.477 e. The van der Waals surface area contributed by atoms with Crippen molar-refractivity contribution < 1.29 is 14.3 Å². The number of nitrogens with zero attached hydrogens (tertiary/aromatic N) is 1. The number of hydrogen-bond acceptors (Lipinski definition) is 2. The number of carboxylic acids is 1. The topological polar surface area (TPSA) is 59.3 Å². The summed E-state index contributed by atoms with van der Waals surface area (Å²) in [5.41, 5.74) is -0.710. The average molecular weight is 247 g/mol. The minimum atomic E-state index is -1.32. The lowest BCUT2D eigenvalue weighted by molar-refractivity contribution is 0.0693. The maximum absolute atomic E-state index is 13.6. The van der Waals surface area contributed by atoms with E-state index in [0.29, 0.717) is 5.56 Å². The predicted octanol–water partition coefficient (Wildman–Crippen LogP) is 1.98. The Morgan fingerprint density at radius 3 is 2.56 bits per heavy atom. The highest BCUT2D eigenvalue weighted by atomic mass is 19.1. The van der Waals surface area contributed by atoms with Crippen molar-refractivity contribution in [2.24, 2.45) is 0 Å². The maximum Gasteiger partial charge on any atom is 0.341 e. The number of aromatic nitrogens is 1. The fraction of sp³-hybridized carbons (Fsp3) is 0.0769. The number of pyridine rings is 1. The molecule has 0 saturated heterocycles. The van der Waals surface area contributed by atoms with E-state index in [-0.39, 0.29) is 11.3 Å². The third kappa shape index (κ3) is 1.90. The van der Waals surface area contributed by atoms with Gasteiger partial charge < -0.3 is 5.11 Å². The normalized spacial score (nSPS) is 10.3. The van der Waals surface area contributed by atoms with E-state index < -0.39 is 17.3 Å². The van der Waals surface area contributed by atoms with E-state index in [2.05, 4.69) is 0 Å². The van der Waals surface area contributed by atoms with Gasteiger partial charge in [-0.1, -0.05) is 12.1 Å². The van der Waals surface area contributed by atoms with Gasteiger partial charge in [0.1, 0.15) is 11.4 Å². The third-order valence-corrected chi connectivity index (χ3v) is 2.63. The smallest absolute Gasteiger partial charge is 0.341 e. The summed E-state index contributed by atoms with van der Waals surface area (Å²) in [7, 11) is 0. The Hall–Kier alpha value is -2.43. The molecule has 0 atom stereocenters. The van der Waals surface area contributed by atoms with Crippen molar-refractivity contribution in [2.75, 3.05) is 0 Å². The monoisotopic (exact) mass is 247 g/mol. The number of benzene rings is 1. The molecule has 92 valence electrons. The molecule has 0 saturated carbocycles. The van der Waals surface area contributed by atoms with E-state index in [1.165, 1.54) is 37.4 Å². The first-order chi connectivity index (χ1) is 8.52.